The molecule has 0 saturated heterocycles. The van der Waals surface area contributed by atoms with Gasteiger partial charge in [-0.25, -0.2) is 0 Å². The first-order valence-electron chi connectivity index (χ1n) is 5.42. The van der Waals surface area contributed by atoms with Crippen LogP contribution in [-0.4, -0.2) is 24.7 Å². The van der Waals surface area contributed by atoms with Gasteiger partial charge in [0.05, 0.1) is 13.0 Å². The summed E-state index contributed by atoms with van der Waals surface area (Å²) in [5.74, 6) is -0.0578. The van der Waals surface area contributed by atoms with Gasteiger partial charge in [0, 0.05) is 12.7 Å². The molecule has 88 valence electrons. The Morgan fingerprint density at radius 3 is 2.19 bits per heavy atom. The fourth-order valence-electron chi connectivity index (χ4n) is 2.09. The second kappa shape index (κ2) is 5.12. The Labute approximate surface area is 96.7 Å². The number of amides is 1. The van der Waals surface area contributed by atoms with Crippen molar-refractivity contribution >= 4 is 11.6 Å². The van der Waals surface area contributed by atoms with Crippen LogP contribution in [0.5, 0.6) is 0 Å². The molecule has 0 aliphatic carbocycles. The Bertz CT molecular complexity index is 376. The largest absolute Gasteiger partial charge is 0.396 e. The summed E-state index contributed by atoms with van der Waals surface area (Å²) in [7, 11) is 1.75. The number of hydrogen-bond acceptors (Lipinski definition) is 2. The number of rotatable bonds is 3. The van der Waals surface area contributed by atoms with Gasteiger partial charge >= 0.3 is 0 Å². The number of hydrogen-bond donors (Lipinski definition) is 1. The van der Waals surface area contributed by atoms with Crippen molar-refractivity contribution in [1.82, 2.24) is 0 Å². The summed E-state index contributed by atoms with van der Waals surface area (Å²) in [4.78, 5) is 13.3. The number of benzene rings is 1. The van der Waals surface area contributed by atoms with E-state index in [1.54, 1.807) is 11.9 Å². The van der Waals surface area contributed by atoms with Crippen molar-refractivity contribution < 1.29 is 9.90 Å². The summed E-state index contributed by atoms with van der Waals surface area (Å²) in [6, 6.07) is 4.12. The SMILES string of the molecule is Cc1cc(C)c(N(C)C(=O)CCO)c(C)c1. The number of nitrogens with zero attached hydrogens (tertiary/aromatic N) is 1. The Hall–Kier alpha value is -1.35. The maximum atomic E-state index is 11.7. The summed E-state index contributed by atoms with van der Waals surface area (Å²) in [6.07, 6.45) is 0.170. The smallest absolute Gasteiger partial charge is 0.229 e. The van der Waals surface area contributed by atoms with Gasteiger partial charge in [0.1, 0.15) is 0 Å². The average Bonchev–Trinajstić information content (AvgIpc) is 2.16. The molecule has 1 rings (SSSR count). The molecule has 0 aromatic heterocycles. The molecule has 0 unspecified atom stereocenters. The van der Waals surface area contributed by atoms with Gasteiger partial charge in [-0.3, -0.25) is 4.79 Å². The molecule has 0 atom stereocenters. The minimum Gasteiger partial charge on any atom is -0.396 e. The van der Waals surface area contributed by atoms with E-state index in [9.17, 15) is 4.79 Å². The van der Waals surface area contributed by atoms with E-state index >= 15 is 0 Å². The monoisotopic (exact) mass is 221 g/mol. The summed E-state index contributed by atoms with van der Waals surface area (Å²) in [6.45, 7) is 5.93. The first-order chi connectivity index (χ1) is 7.47. The van der Waals surface area contributed by atoms with Crippen molar-refractivity contribution in [3.63, 3.8) is 0 Å². The number of aryl methyl sites for hydroxylation is 3. The predicted molar refractivity (Wildman–Crippen MR) is 65.8 cm³/mol. The molecule has 0 heterocycles. The standard InChI is InChI=1S/C13H19NO2/c1-9-7-10(2)13(11(3)8-9)14(4)12(16)5-6-15/h7-8,15H,5-6H2,1-4H3. The molecule has 0 bridgehead atoms. The van der Waals surface area contributed by atoms with Crippen LogP contribution in [0.4, 0.5) is 5.69 Å². The van der Waals surface area contributed by atoms with E-state index in [0.29, 0.717) is 0 Å². The number of anilines is 1. The second-order valence-corrected chi connectivity index (χ2v) is 4.17. The van der Waals surface area contributed by atoms with Crippen LogP contribution in [0.3, 0.4) is 0 Å². The van der Waals surface area contributed by atoms with Crippen LogP contribution < -0.4 is 4.90 Å². The minimum absolute atomic E-state index is 0.0578. The third kappa shape index (κ3) is 2.61. The molecule has 0 fully saturated rings. The molecule has 0 spiro atoms. The summed E-state index contributed by atoms with van der Waals surface area (Å²) in [5.41, 5.74) is 4.32. The van der Waals surface area contributed by atoms with Crippen molar-refractivity contribution in [2.75, 3.05) is 18.6 Å². The van der Waals surface area contributed by atoms with E-state index in [0.717, 1.165) is 16.8 Å². The van der Waals surface area contributed by atoms with E-state index in [1.165, 1.54) is 5.56 Å². The van der Waals surface area contributed by atoms with Crippen molar-refractivity contribution in [2.45, 2.75) is 27.2 Å². The van der Waals surface area contributed by atoms with Gasteiger partial charge in [-0.1, -0.05) is 17.7 Å². The molecule has 0 aliphatic heterocycles. The van der Waals surface area contributed by atoms with E-state index < -0.39 is 0 Å². The van der Waals surface area contributed by atoms with Crippen molar-refractivity contribution in [2.24, 2.45) is 0 Å². The minimum atomic E-state index is -0.104. The first kappa shape index (κ1) is 12.7. The van der Waals surface area contributed by atoms with Crippen LogP contribution in [0.15, 0.2) is 12.1 Å². The van der Waals surface area contributed by atoms with Gasteiger partial charge in [0.15, 0.2) is 0 Å². The lowest BCUT2D eigenvalue weighted by Crippen LogP contribution is -2.28. The molecule has 1 amide bonds. The van der Waals surface area contributed by atoms with Crippen molar-refractivity contribution in [1.29, 1.82) is 0 Å². The highest BCUT2D eigenvalue weighted by atomic mass is 16.3. The Morgan fingerprint density at radius 2 is 1.75 bits per heavy atom. The van der Waals surface area contributed by atoms with Crippen molar-refractivity contribution in [3.8, 4) is 0 Å². The highest BCUT2D eigenvalue weighted by molar-refractivity contribution is 5.94. The molecule has 1 aromatic rings. The van der Waals surface area contributed by atoms with Crippen LogP contribution in [-0.2, 0) is 4.79 Å². The third-order valence-corrected chi connectivity index (χ3v) is 2.67. The second-order valence-electron chi connectivity index (χ2n) is 4.17. The lowest BCUT2D eigenvalue weighted by Gasteiger charge is -2.22. The van der Waals surface area contributed by atoms with E-state index in [4.69, 9.17) is 5.11 Å². The van der Waals surface area contributed by atoms with Gasteiger partial charge in [-0.05, 0) is 31.9 Å². The van der Waals surface area contributed by atoms with Gasteiger partial charge in [-0.15, -0.1) is 0 Å². The summed E-state index contributed by atoms with van der Waals surface area (Å²) < 4.78 is 0. The number of carbonyl (C=O) groups excluding carboxylic acids is 1. The molecular formula is C13H19NO2. The third-order valence-electron chi connectivity index (χ3n) is 2.67. The molecule has 0 saturated carbocycles. The first-order valence-corrected chi connectivity index (χ1v) is 5.42. The zero-order valence-electron chi connectivity index (χ0n) is 10.4. The van der Waals surface area contributed by atoms with Crippen LogP contribution in [0.2, 0.25) is 0 Å². The van der Waals surface area contributed by atoms with Crippen molar-refractivity contribution in [3.05, 3.63) is 28.8 Å². The predicted octanol–water partition coefficient (Wildman–Crippen LogP) is 1.96. The fourth-order valence-corrected chi connectivity index (χ4v) is 2.09. The zero-order valence-corrected chi connectivity index (χ0v) is 10.4. The van der Waals surface area contributed by atoms with Crippen LogP contribution in [0.1, 0.15) is 23.1 Å². The molecule has 16 heavy (non-hydrogen) atoms. The van der Waals surface area contributed by atoms with Crippen LogP contribution >= 0.6 is 0 Å². The molecule has 1 aromatic carbocycles. The van der Waals surface area contributed by atoms with Gasteiger partial charge in [0.2, 0.25) is 5.91 Å². The Balaban J connectivity index is 3.08. The van der Waals surface area contributed by atoms with Gasteiger partial charge < -0.3 is 10.0 Å². The molecule has 1 N–H and O–H groups in total. The molecular weight excluding hydrogens is 202 g/mol. The highest BCUT2D eigenvalue weighted by Crippen LogP contribution is 2.25. The van der Waals surface area contributed by atoms with E-state index in [2.05, 4.69) is 12.1 Å². The lowest BCUT2D eigenvalue weighted by molar-refractivity contribution is -0.118. The van der Waals surface area contributed by atoms with Gasteiger partial charge in [-0.2, -0.15) is 0 Å². The molecule has 0 radical (unpaired) electrons. The quantitative estimate of drug-likeness (QED) is 0.847. The summed E-state index contributed by atoms with van der Waals surface area (Å²) in [5, 5.41) is 8.77. The Kier molecular flexibility index (Phi) is 4.07. The lowest BCUT2D eigenvalue weighted by atomic mass is 10.0. The summed E-state index contributed by atoms with van der Waals surface area (Å²) >= 11 is 0. The molecule has 3 heteroatoms. The number of aliphatic hydroxyl groups is 1. The fraction of sp³-hybridized carbons (Fsp3) is 0.462. The van der Waals surface area contributed by atoms with E-state index in [-0.39, 0.29) is 18.9 Å². The van der Waals surface area contributed by atoms with Crippen LogP contribution in [0, 0.1) is 20.8 Å². The maximum Gasteiger partial charge on any atom is 0.229 e. The Morgan fingerprint density at radius 1 is 1.25 bits per heavy atom. The maximum absolute atomic E-state index is 11.7. The molecule has 3 nitrogen and oxygen atoms in total. The van der Waals surface area contributed by atoms with Crippen LogP contribution in [0.25, 0.3) is 0 Å². The average molecular weight is 221 g/mol. The number of aliphatic hydroxyl groups excluding tert-OH is 1. The van der Waals surface area contributed by atoms with E-state index in [1.807, 2.05) is 20.8 Å². The topological polar surface area (TPSA) is 40.5 Å². The van der Waals surface area contributed by atoms with Gasteiger partial charge in [0.25, 0.3) is 0 Å². The zero-order chi connectivity index (χ0) is 12.3. The highest BCUT2D eigenvalue weighted by Gasteiger charge is 2.14. The number of carbonyl (C=O) groups is 1. The molecule has 0 aliphatic rings. The normalized spacial score (nSPS) is 10.3.